The number of anilines is 2. The predicted molar refractivity (Wildman–Crippen MR) is 126 cm³/mol. The van der Waals surface area contributed by atoms with Gasteiger partial charge in [-0.3, -0.25) is 10.2 Å². The van der Waals surface area contributed by atoms with Crippen molar-refractivity contribution in [1.29, 1.82) is 5.41 Å². The van der Waals surface area contributed by atoms with Crippen molar-refractivity contribution >= 4 is 23.3 Å². The number of para-hydroxylation sites is 1. The topological polar surface area (TPSA) is 135 Å². The number of hydrogen-bond acceptors (Lipinski definition) is 8. The highest BCUT2D eigenvalue weighted by atomic mass is 16.5. The first-order valence-electron chi connectivity index (χ1n) is 10.1. The van der Waals surface area contributed by atoms with Gasteiger partial charge < -0.3 is 25.8 Å². The van der Waals surface area contributed by atoms with E-state index in [0.717, 1.165) is 0 Å². The summed E-state index contributed by atoms with van der Waals surface area (Å²) >= 11 is 0. The predicted octanol–water partition coefficient (Wildman–Crippen LogP) is 2.60. The number of benzene rings is 1. The van der Waals surface area contributed by atoms with E-state index in [1.165, 1.54) is 12.4 Å². The Morgan fingerprint density at radius 3 is 2.70 bits per heavy atom. The van der Waals surface area contributed by atoms with Gasteiger partial charge >= 0.3 is 0 Å². The average Bonchev–Trinajstić information content (AvgIpc) is 2.83. The number of nitrogens with two attached hydrogens (primary N) is 1. The van der Waals surface area contributed by atoms with Crippen molar-refractivity contribution in [3.63, 3.8) is 0 Å². The Morgan fingerprint density at radius 1 is 1.15 bits per heavy atom. The summed E-state index contributed by atoms with van der Waals surface area (Å²) in [6.45, 7) is 1.09. The first kappa shape index (κ1) is 23.2. The Bertz CT molecular complexity index is 1100. The smallest absolute Gasteiger partial charge is 0.243 e. The quantitative estimate of drug-likeness (QED) is 0.203. The second kappa shape index (κ2) is 11.8. The Kier molecular flexibility index (Phi) is 8.34. The number of nitrogens with zero attached hydrogens (tertiary/aromatic N) is 2. The van der Waals surface area contributed by atoms with Gasteiger partial charge in [-0.05, 0) is 30.3 Å². The fourth-order valence-corrected chi connectivity index (χ4v) is 2.78. The standard InChI is InChI=1S/C24H24N6O3/c1-32-15-5-8-20(31)27-13-14-28-24-21(23(26)29-16-30-24)22(25)17-9-11-19(12-10-17)33-18-6-3-2-4-7-18/h2-9,11,16,25H,13-15H2,1H3,(H,27,31)(H3,26,28,29,30)/b8-5+,25-22?. The number of rotatable bonds is 11. The van der Waals surface area contributed by atoms with Crippen LogP contribution >= 0.6 is 0 Å². The third-order valence-corrected chi connectivity index (χ3v) is 4.34. The summed E-state index contributed by atoms with van der Waals surface area (Å²) in [6, 6.07) is 18.6. The zero-order valence-corrected chi connectivity index (χ0v) is 18.1. The van der Waals surface area contributed by atoms with Crippen molar-refractivity contribution in [3.05, 3.63) is 84.2 Å². The van der Waals surface area contributed by atoms with Crippen LogP contribution in [0.1, 0.15) is 11.1 Å². The third-order valence-electron chi connectivity index (χ3n) is 4.34. The molecule has 168 valence electrons. The molecule has 1 heterocycles. The number of aromatic nitrogens is 2. The molecule has 1 amide bonds. The molecule has 1 aromatic heterocycles. The number of carbonyl (C=O) groups excluding carboxylic acids is 1. The Hall–Kier alpha value is -4.42. The largest absolute Gasteiger partial charge is 0.448 e. The monoisotopic (exact) mass is 444 g/mol. The van der Waals surface area contributed by atoms with E-state index in [1.54, 1.807) is 25.3 Å². The maximum atomic E-state index is 11.7. The minimum absolute atomic E-state index is 0.0876. The molecule has 0 radical (unpaired) electrons. The molecular weight excluding hydrogens is 420 g/mol. The van der Waals surface area contributed by atoms with Gasteiger partial charge in [0, 0.05) is 26.3 Å². The molecule has 0 aliphatic rings. The molecule has 0 saturated carbocycles. The first-order chi connectivity index (χ1) is 16.1. The van der Waals surface area contributed by atoms with Crippen LogP contribution in [-0.4, -0.2) is 48.4 Å². The number of amides is 1. The number of nitrogen functional groups attached to an aromatic ring is 1. The van der Waals surface area contributed by atoms with Crippen molar-refractivity contribution in [2.24, 2.45) is 0 Å². The fourth-order valence-electron chi connectivity index (χ4n) is 2.78. The molecule has 5 N–H and O–H groups in total. The number of carbonyl (C=O) groups is 1. The van der Waals surface area contributed by atoms with Gasteiger partial charge in [0.1, 0.15) is 23.7 Å². The molecule has 3 rings (SSSR count). The minimum Gasteiger partial charge on any atom is -0.448 e. The maximum absolute atomic E-state index is 11.7. The van der Waals surface area contributed by atoms with Gasteiger partial charge in [-0.25, -0.2) is 9.97 Å². The fraction of sp³-hybridized carbons (Fsp3) is 0.167. The summed E-state index contributed by atoms with van der Waals surface area (Å²) in [5.41, 5.74) is 6.92. The van der Waals surface area contributed by atoms with E-state index in [4.69, 9.17) is 20.6 Å². The summed E-state index contributed by atoms with van der Waals surface area (Å²) in [7, 11) is 1.55. The van der Waals surface area contributed by atoms with Gasteiger partial charge in [0.2, 0.25) is 5.91 Å². The van der Waals surface area contributed by atoms with Gasteiger partial charge in [0.05, 0.1) is 23.4 Å². The Balaban J connectivity index is 1.64. The van der Waals surface area contributed by atoms with Crippen LogP contribution in [0.2, 0.25) is 0 Å². The highest BCUT2D eigenvalue weighted by Gasteiger charge is 2.16. The number of nitrogens with one attached hydrogen (secondary N) is 3. The highest BCUT2D eigenvalue weighted by molar-refractivity contribution is 6.15. The van der Waals surface area contributed by atoms with E-state index in [9.17, 15) is 4.79 Å². The molecular formula is C24H24N6O3. The Morgan fingerprint density at radius 2 is 1.97 bits per heavy atom. The zero-order valence-electron chi connectivity index (χ0n) is 18.1. The summed E-state index contributed by atoms with van der Waals surface area (Å²) in [4.78, 5) is 19.9. The zero-order chi connectivity index (χ0) is 23.5. The average molecular weight is 444 g/mol. The number of hydrogen-bond donors (Lipinski definition) is 4. The van der Waals surface area contributed by atoms with E-state index >= 15 is 0 Å². The SMILES string of the molecule is COC/C=C/C(=O)NCCNc1ncnc(N)c1C(=N)c1c#cc(Oc2ccccc2)cc1. The molecule has 0 spiro atoms. The van der Waals surface area contributed by atoms with Crippen LogP contribution in [0, 0.1) is 17.5 Å². The second-order valence-electron chi connectivity index (χ2n) is 6.71. The summed E-state index contributed by atoms with van der Waals surface area (Å²) in [5, 5.41) is 14.4. The second-order valence-corrected chi connectivity index (χ2v) is 6.71. The molecule has 33 heavy (non-hydrogen) atoms. The normalized spacial score (nSPS) is 10.5. The lowest BCUT2D eigenvalue weighted by Gasteiger charge is -2.13. The van der Waals surface area contributed by atoms with Crippen LogP contribution in [0.3, 0.4) is 0 Å². The number of ether oxygens (including phenoxy) is 2. The van der Waals surface area contributed by atoms with Gasteiger partial charge in [-0.15, -0.1) is 0 Å². The van der Waals surface area contributed by atoms with Gasteiger partial charge in [-0.2, -0.15) is 0 Å². The van der Waals surface area contributed by atoms with E-state index in [2.05, 4.69) is 32.7 Å². The van der Waals surface area contributed by atoms with Crippen molar-refractivity contribution in [2.45, 2.75) is 0 Å². The van der Waals surface area contributed by atoms with E-state index in [0.29, 0.717) is 48.1 Å². The molecule has 0 unspecified atom stereocenters. The molecule has 2 aromatic carbocycles. The van der Waals surface area contributed by atoms with Crippen LogP contribution in [0.15, 0.2) is 60.9 Å². The lowest BCUT2D eigenvalue weighted by molar-refractivity contribution is -0.116. The highest BCUT2D eigenvalue weighted by Crippen LogP contribution is 2.23. The molecule has 0 fully saturated rings. The van der Waals surface area contributed by atoms with Crippen LogP contribution in [0.25, 0.3) is 0 Å². The van der Waals surface area contributed by atoms with Crippen LogP contribution < -0.4 is 21.1 Å². The van der Waals surface area contributed by atoms with Crippen molar-refractivity contribution in [2.75, 3.05) is 37.9 Å². The molecule has 9 nitrogen and oxygen atoms in total. The molecule has 9 heteroatoms. The van der Waals surface area contributed by atoms with Crippen molar-refractivity contribution in [3.8, 4) is 11.5 Å². The number of methoxy groups -OCH3 is 1. The summed E-state index contributed by atoms with van der Waals surface area (Å²) in [6.07, 6.45) is 4.34. The Labute approximate surface area is 192 Å². The van der Waals surface area contributed by atoms with Gasteiger partial charge in [-0.1, -0.05) is 30.3 Å². The van der Waals surface area contributed by atoms with Crippen molar-refractivity contribution < 1.29 is 14.3 Å². The molecule has 0 saturated heterocycles. The lowest BCUT2D eigenvalue weighted by Crippen LogP contribution is -2.28. The van der Waals surface area contributed by atoms with Crippen LogP contribution in [0.4, 0.5) is 11.6 Å². The lowest BCUT2D eigenvalue weighted by atomic mass is 10.0. The summed E-state index contributed by atoms with van der Waals surface area (Å²) in [5.74, 6) is 1.46. The minimum atomic E-state index is -0.230. The maximum Gasteiger partial charge on any atom is 0.243 e. The molecule has 0 atom stereocenters. The van der Waals surface area contributed by atoms with Crippen molar-refractivity contribution in [1.82, 2.24) is 15.3 Å². The molecule has 3 aromatic rings. The van der Waals surface area contributed by atoms with Gasteiger partial charge in [0.15, 0.2) is 5.75 Å². The third kappa shape index (κ3) is 6.78. The van der Waals surface area contributed by atoms with E-state index in [1.807, 2.05) is 30.3 Å². The molecule has 0 aliphatic heterocycles. The molecule has 0 bridgehead atoms. The van der Waals surface area contributed by atoms with Gasteiger partial charge in [0.25, 0.3) is 0 Å². The first-order valence-corrected chi connectivity index (χ1v) is 10.1. The van der Waals surface area contributed by atoms with E-state index in [-0.39, 0.29) is 17.4 Å². The summed E-state index contributed by atoms with van der Waals surface area (Å²) < 4.78 is 10.6. The van der Waals surface area contributed by atoms with Crippen LogP contribution in [0.5, 0.6) is 11.5 Å². The van der Waals surface area contributed by atoms with Crippen LogP contribution in [-0.2, 0) is 9.53 Å². The molecule has 0 aliphatic carbocycles. The van der Waals surface area contributed by atoms with E-state index < -0.39 is 0 Å².